The fourth-order valence-electron chi connectivity index (χ4n) is 2.86. The smallest absolute Gasteiger partial charge is 0.286 e. The fraction of sp³-hybridized carbons (Fsp3) is 0.167. The molecule has 0 unspecified atom stereocenters. The van der Waals surface area contributed by atoms with E-state index in [-0.39, 0.29) is 12.2 Å². The zero-order valence-electron chi connectivity index (χ0n) is 13.9. The minimum absolute atomic E-state index is 0.209. The predicted molar refractivity (Wildman–Crippen MR) is 95.1 cm³/mol. The zero-order valence-corrected chi connectivity index (χ0v) is 13.9. The molecule has 8 heteroatoms. The van der Waals surface area contributed by atoms with Gasteiger partial charge in [-0.1, -0.05) is 24.3 Å². The molecule has 2 aromatic heterocycles. The summed E-state index contributed by atoms with van der Waals surface area (Å²) in [7, 11) is 0. The predicted octanol–water partition coefficient (Wildman–Crippen LogP) is 1.11. The molecular weight excluding hydrogens is 332 g/mol. The van der Waals surface area contributed by atoms with Crippen LogP contribution in [-0.2, 0) is 13.1 Å². The number of hydrogen-bond acceptors (Lipinski definition) is 6. The van der Waals surface area contributed by atoms with Crippen LogP contribution >= 0.6 is 0 Å². The number of anilines is 2. The quantitative estimate of drug-likeness (QED) is 0.759. The molecule has 1 aliphatic heterocycles. The summed E-state index contributed by atoms with van der Waals surface area (Å²) in [6, 6.07) is 15.1. The van der Waals surface area contributed by atoms with E-state index in [2.05, 4.69) is 20.5 Å². The first kappa shape index (κ1) is 15.9. The summed E-state index contributed by atoms with van der Waals surface area (Å²) in [5.74, 6) is -0.107. The Balaban J connectivity index is 1.57. The lowest BCUT2D eigenvalue weighted by molar-refractivity contribution is 0.0942. The lowest BCUT2D eigenvalue weighted by atomic mass is 10.3. The lowest BCUT2D eigenvalue weighted by Gasteiger charge is -2.16. The molecule has 0 spiro atoms. The Labute approximate surface area is 149 Å². The molecule has 1 aliphatic rings. The fourth-order valence-corrected chi connectivity index (χ4v) is 2.86. The summed E-state index contributed by atoms with van der Waals surface area (Å²) in [6.45, 7) is 1.28. The molecule has 0 fully saturated rings. The van der Waals surface area contributed by atoms with Crippen molar-refractivity contribution in [2.24, 2.45) is 0 Å². The molecule has 1 amide bonds. The maximum atomic E-state index is 12.6. The first-order valence-corrected chi connectivity index (χ1v) is 8.22. The van der Waals surface area contributed by atoms with Crippen LogP contribution in [0.15, 0.2) is 59.5 Å². The van der Waals surface area contributed by atoms with Crippen molar-refractivity contribution in [3.05, 3.63) is 76.5 Å². The number of amides is 1. The number of pyridine rings is 1. The van der Waals surface area contributed by atoms with Gasteiger partial charge in [0, 0.05) is 25.0 Å². The van der Waals surface area contributed by atoms with E-state index in [9.17, 15) is 9.59 Å². The van der Waals surface area contributed by atoms with Crippen LogP contribution in [-0.4, -0.2) is 32.2 Å². The van der Waals surface area contributed by atoms with Gasteiger partial charge in [0.05, 0.1) is 12.2 Å². The largest absolute Gasteiger partial charge is 0.345 e. The topological polar surface area (TPSA) is 93.0 Å². The summed E-state index contributed by atoms with van der Waals surface area (Å²) < 4.78 is 1.48. The summed E-state index contributed by atoms with van der Waals surface area (Å²) >= 11 is 0. The van der Waals surface area contributed by atoms with E-state index in [1.54, 1.807) is 18.3 Å². The molecule has 0 aliphatic carbocycles. The van der Waals surface area contributed by atoms with Crippen LogP contribution in [0.25, 0.3) is 0 Å². The van der Waals surface area contributed by atoms with Crippen molar-refractivity contribution in [3.63, 3.8) is 0 Å². The maximum absolute atomic E-state index is 12.6. The second kappa shape index (κ2) is 6.75. The van der Waals surface area contributed by atoms with Crippen molar-refractivity contribution >= 4 is 17.5 Å². The van der Waals surface area contributed by atoms with E-state index < -0.39 is 11.5 Å². The molecule has 1 N–H and O–H groups in total. The molecule has 4 rings (SSSR count). The van der Waals surface area contributed by atoms with E-state index in [0.717, 1.165) is 5.69 Å². The Morgan fingerprint density at radius 3 is 2.62 bits per heavy atom. The molecule has 3 heterocycles. The van der Waals surface area contributed by atoms with Crippen LogP contribution in [0.1, 0.15) is 16.2 Å². The van der Waals surface area contributed by atoms with Gasteiger partial charge in [-0.05, 0) is 24.3 Å². The highest BCUT2D eigenvalue weighted by molar-refractivity contribution is 5.91. The molecule has 3 aromatic rings. The minimum Gasteiger partial charge on any atom is -0.345 e. The van der Waals surface area contributed by atoms with E-state index in [0.29, 0.717) is 24.7 Å². The summed E-state index contributed by atoms with van der Waals surface area (Å²) in [6.07, 6.45) is 1.64. The summed E-state index contributed by atoms with van der Waals surface area (Å²) in [5, 5.41) is 10.7. The van der Waals surface area contributed by atoms with Crippen molar-refractivity contribution in [1.29, 1.82) is 0 Å². The molecule has 1 aromatic carbocycles. The number of nitrogens with one attached hydrogen (secondary N) is 1. The number of para-hydroxylation sites is 1. The molecule has 26 heavy (non-hydrogen) atoms. The van der Waals surface area contributed by atoms with E-state index in [4.69, 9.17) is 0 Å². The number of carbonyl (C=O) groups excluding carboxylic acids is 1. The van der Waals surface area contributed by atoms with Crippen molar-refractivity contribution in [1.82, 2.24) is 25.1 Å². The van der Waals surface area contributed by atoms with E-state index in [1.165, 1.54) is 4.57 Å². The average molecular weight is 348 g/mol. The molecule has 0 saturated heterocycles. The molecule has 0 saturated carbocycles. The van der Waals surface area contributed by atoms with Gasteiger partial charge in [0.25, 0.3) is 11.5 Å². The number of nitrogens with zero attached hydrogens (tertiary/aromatic N) is 5. The van der Waals surface area contributed by atoms with Crippen LogP contribution in [0.3, 0.4) is 0 Å². The third kappa shape index (κ3) is 2.92. The first-order chi connectivity index (χ1) is 12.7. The van der Waals surface area contributed by atoms with Gasteiger partial charge in [-0.15, -0.1) is 10.2 Å². The standard InChI is InChI=1S/C18H16N6O2/c25-16(20-12-13-6-4-5-9-19-13)15-17(26)24-11-10-23(18(24)22-21-15)14-7-2-1-3-8-14/h1-9H,10-12H2,(H,20,25). The van der Waals surface area contributed by atoms with Crippen molar-refractivity contribution in [3.8, 4) is 0 Å². The molecular formula is C18H16N6O2. The van der Waals surface area contributed by atoms with E-state index in [1.807, 2.05) is 41.3 Å². The average Bonchev–Trinajstić information content (AvgIpc) is 3.13. The highest BCUT2D eigenvalue weighted by Gasteiger charge is 2.27. The van der Waals surface area contributed by atoms with Crippen LogP contribution in [0.5, 0.6) is 0 Å². The first-order valence-electron chi connectivity index (χ1n) is 8.22. The van der Waals surface area contributed by atoms with Gasteiger partial charge in [0.15, 0.2) is 0 Å². The van der Waals surface area contributed by atoms with Crippen LogP contribution in [0.4, 0.5) is 11.6 Å². The van der Waals surface area contributed by atoms with Gasteiger partial charge in [0.1, 0.15) is 0 Å². The van der Waals surface area contributed by atoms with Gasteiger partial charge in [-0.3, -0.25) is 19.1 Å². The Kier molecular flexibility index (Phi) is 4.14. The molecule has 0 radical (unpaired) electrons. The van der Waals surface area contributed by atoms with Crippen molar-refractivity contribution in [2.45, 2.75) is 13.1 Å². The lowest BCUT2D eigenvalue weighted by Crippen LogP contribution is -2.34. The Hall–Kier alpha value is -3.55. The summed E-state index contributed by atoms with van der Waals surface area (Å²) in [5.41, 5.74) is 0.983. The Bertz CT molecular complexity index is 988. The normalized spacial score (nSPS) is 12.7. The van der Waals surface area contributed by atoms with Gasteiger partial charge in [-0.2, -0.15) is 0 Å². The SMILES string of the molecule is O=C(NCc1ccccn1)c1nnc2n(c1=O)CCN2c1ccccc1. The second-order valence-electron chi connectivity index (χ2n) is 5.80. The monoisotopic (exact) mass is 348 g/mol. The molecule has 0 atom stereocenters. The minimum atomic E-state index is -0.554. The van der Waals surface area contributed by atoms with E-state index >= 15 is 0 Å². The van der Waals surface area contributed by atoms with Gasteiger partial charge < -0.3 is 10.2 Å². The second-order valence-corrected chi connectivity index (χ2v) is 5.80. The van der Waals surface area contributed by atoms with Gasteiger partial charge in [-0.25, -0.2) is 0 Å². The number of fused-ring (bicyclic) bond motifs is 1. The highest BCUT2D eigenvalue weighted by atomic mass is 16.2. The summed E-state index contributed by atoms with van der Waals surface area (Å²) in [4.78, 5) is 31.0. The number of benzene rings is 1. The number of hydrogen-bond donors (Lipinski definition) is 1. The van der Waals surface area contributed by atoms with Crippen molar-refractivity contribution in [2.75, 3.05) is 11.4 Å². The van der Waals surface area contributed by atoms with Crippen LogP contribution in [0.2, 0.25) is 0 Å². The van der Waals surface area contributed by atoms with Crippen LogP contribution < -0.4 is 15.8 Å². The zero-order chi connectivity index (χ0) is 17.9. The van der Waals surface area contributed by atoms with Crippen molar-refractivity contribution < 1.29 is 4.79 Å². The molecule has 0 bridgehead atoms. The number of carbonyl (C=O) groups is 1. The maximum Gasteiger partial charge on any atom is 0.286 e. The van der Waals surface area contributed by atoms with Gasteiger partial charge in [0.2, 0.25) is 11.6 Å². The Morgan fingerprint density at radius 2 is 1.85 bits per heavy atom. The molecule has 130 valence electrons. The molecule has 8 nitrogen and oxygen atoms in total. The number of aromatic nitrogens is 4. The Morgan fingerprint density at radius 1 is 1.04 bits per heavy atom. The highest BCUT2D eigenvalue weighted by Crippen LogP contribution is 2.25. The third-order valence-electron chi connectivity index (χ3n) is 4.16. The number of rotatable bonds is 4. The third-order valence-corrected chi connectivity index (χ3v) is 4.16. The van der Waals surface area contributed by atoms with Crippen LogP contribution in [0, 0.1) is 0 Å². The van der Waals surface area contributed by atoms with Gasteiger partial charge >= 0.3 is 0 Å².